The Morgan fingerprint density at radius 2 is 2.19 bits per heavy atom. The zero-order valence-electron chi connectivity index (χ0n) is 8.86. The molecule has 2 aliphatic rings. The Hall–Kier alpha value is -1.71. The second kappa shape index (κ2) is 3.14. The molecular formula is C12H13NO3. The van der Waals surface area contributed by atoms with Gasteiger partial charge in [-0.1, -0.05) is 6.07 Å². The molecule has 0 aliphatic carbocycles. The number of esters is 1. The Labute approximate surface area is 93.3 Å². The SMILES string of the molecule is Nc1ccc2c(c1)OCC21CCOC(=O)C1. The van der Waals surface area contributed by atoms with Gasteiger partial charge in [0.2, 0.25) is 0 Å². The summed E-state index contributed by atoms with van der Waals surface area (Å²) in [5, 5.41) is 0. The molecular weight excluding hydrogens is 206 g/mol. The lowest BCUT2D eigenvalue weighted by Gasteiger charge is -2.30. The molecule has 1 spiro atoms. The lowest BCUT2D eigenvalue weighted by Crippen LogP contribution is -2.37. The van der Waals surface area contributed by atoms with Gasteiger partial charge >= 0.3 is 5.97 Å². The first-order valence-electron chi connectivity index (χ1n) is 5.38. The van der Waals surface area contributed by atoms with Crippen molar-refractivity contribution in [1.29, 1.82) is 0 Å². The van der Waals surface area contributed by atoms with E-state index in [1.807, 2.05) is 18.2 Å². The summed E-state index contributed by atoms with van der Waals surface area (Å²) < 4.78 is 10.6. The van der Waals surface area contributed by atoms with Crippen LogP contribution in [0.3, 0.4) is 0 Å². The van der Waals surface area contributed by atoms with Crippen LogP contribution in [0.2, 0.25) is 0 Å². The second-order valence-electron chi connectivity index (χ2n) is 4.47. The number of fused-ring (bicyclic) bond motifs is 2. The lowest BCUT2D eigenvalue weighted by molar-refractivity contribution is -0.150. The van der Waals surface area contributed by atoms with Crippen LogP contribution in [0.5, 0.6) is 5.75 Å². The minimum atomic E-state index is -0.182. The van der Waals surface area contributed by atoms with Crippen molar-refractivity contribution in [3.8, 4) is 5.75 Å². The van der Waals surface area contributed by atoms with E-state index in [1.54, 1.807) is 0 Å². The zero-order valence-corrected chi connectivity index (χ0v) is 8.86. The third-order valence-corrected chi connectivity index (χ3v) is 3.41. The van der Waals surface area contributed by atoms with Crippen molar-refractivity contribution in [2.45, 2.75) is 18.3 Å². The smallest absolute Gasteiger partial charge is 0.306 e. The number of nitrogen functional groups attached to an aromatic ring is 1. The molecule has 0 amide bonds. The number of ether oxygens (including phenoxy) is 2. The van der Waals surface area contributed by atoms with Crippen LogP contribution in [-0.2, 0) is 14.9 Å². The van der Waals surface area contributed by atoms with Crippen molar-refractivity contribution < 1.29 is 14.3 Å². The summed E-state index contributed by atoms with van der Waals surface area (Å²) in [5.41, 5.74) is 7.31. The van der Waals surface area contributed by atoms with E-state index in [9.17, 15) is 4.79 Å². The van der Waals surface area contributed by atoms with E-state index in [2.05, 4.69) is 0 Å². The average molecular weight is 219 g/mol. The second-order valence-corrected chi connectivity index (χ2v) is 4.47. The summed E-state index contributed by atoms with van der Waals surface area (Å²) >= 11 is 0. The fourth-order valence-electron chi connectivity index (χ4n) is 2.52. The third-order valence-electron chi connectivity index (χ3n) is 3.41. The van der Waals surface area contributed by atoms with Crippen LogP contribution in [0, 0.1) is 0 Å². The van der Waals surface area contributed by atoms with Gasteiger partial charge in [0.15, 0.2) is 0 Å². The van der Waals surface area contributed by atoms with Crippen LogP contribution in [-0.4, -0.2) is 19.2 Å². The molecule has 1 atom stereocenters. The Bertz CT molecular complexity index is 458. The monoisotopic (exact) mass is 219 g/mol. The number of hydrogen-bond donors (Lipinski definition) is 1. The Morgan fingerprint density at radius 3 is 3.00 bits per heavy atom. The molecule has 1 saturated heterocycles. The van der Waals surface area contributed by atoms with Gasteiger partial charge in [0.25, 0.3) is 0 Å². The average Bonchev–Trinajstić information content (AvgIpc) is 2.57. The molecule has 0 aromatic heterocycles. The summed E-state index contributed by atoms with van der Waals surface area (Å²) in [5.74, 6) is 0.675. The van der Waals surface area contributed by atoms with E-state index in [4.69, 9.17) is 15.2 Å². The zero-order chi connectivity index (χ0) is 11.2. The molecule has 3 rings (SSSR count). The first-order chi connectivity index (χ1) is 7.70. The van der Waals surface area contributed by atoms with Crippen LogP contribution in [0.1, 0.15) is 18.4 Å². The molecule has 0 radical (unpaired) electrons. The number of anilines is 1. The molecule has 16 heavy (non-hydrogen) atoms. The van der Waals surface area contributed by atoms with E-state index in [0.717, 1.165) is 17.7 Å². The molecule has 1 unspecified atom stereocenters. The van der Waals surface area contributed by atoms with Crippen molar-refractivity contribution in [3.05, 3.63) is 23.8 Å². The summed E-state index contributed by atoms with van der Waals surface area (Å²) in [7, 11) is 0. The van der Waals surface area contributed by atoms with Crippen LogP contribution in [0.4, 0.5) is 5.69 Å². The number of nitrogens with two attached hydrogens (primary N) is 1. The van der Waals surface area contributed by atoms with Gasteiger partial charge in [-0.3, -0.25) is 4.79 Å². The third kappa shape index (κ3) is 1.26. The number of cyclic esters (lactones) is 1. The predicted molar refractivity (Wildman–Crippen MR) is 58.2 cm³/mol. The van der Waals surface area contributed by atoms with Crippen molar-refractivity contribution in [1.82, 2.24) is 0 Å². The number of hydrogen-bond acceptors (Lipinski definition) is 4. The van der Waals surface area contributed by atoms with Crippen LogP contribution >= 0.6 is 0 Å². The van der Waals surface area contributed by atoms with E-state index in [0.29, 0.717) is 25.3 Å². The maximum Gasteiger partial charge on any atom is 0.306 e. The highest BCUT2D eigenvalue weighted by molar-refractivity contribution is 5.73. The summed E-state index contributed by atoms with van der Waals surface area (Å²) in [4.78, 5) is 11.4. The molecule has 1 fully saturated rings. The van der Waals surface area contributed by atoms with Gasteiger partial charge in [0.1, 0.15) is 5.75 Å². The fourth-order valence-corrected chi connectivity index (χ4v) is 2.52. The van der Waals surface area contributed by atoms with Gasteiger partial charge in [-0.2, -0.15) is 0 Å². The van der Waals surface area contributed by atoms with Gasteiger partial charge in [-0.05, 0) is 12.5 Å². The van der Waals surface area contributed by atoms with Crippen LogP contribution < -0.4 is 10.5 Å². The highest BCUT2D eigenvalue weighted by atomic mass is 16.5. The van der Waals surface area contributed by atoms with Crippen molar-refractivity contribution in [3.63, 3.8) is 0 Å². The minimum Gasteiger partial charge on any atom is -0.492 e. The maximum absolute atomic E-state index is 11.4. The highest BCUT2D eigenvalue weighted by Gasteiger charge is 2.45. The first kappa shape index (κ1) is 9.51. The maximum atomic E-state index is 11.4. The Kier molecular flexibility index (Phi) is 1.87. The topological polar surface area (TPSA) is 61.6 Å². The van der Waals surface area contributed by atoms with Gasteiger partial charge < -0.3 is 15.2 Å². The van der Waals surface area contributed by atoms with Gasteiger partial charge in [-0.25, -0.2) is 0 Å². The predicted octanol–water partition coefficient (Wildman–Crippen LogP) is 1.24. The lowest BCUT2D eigenvalue weighted by atomic mass is 9.76. The van der Waals surface area contributed by atoms with E-state index in [1.165, 1.54) is 0 Å². The van der Waals surface area contributed by atoms with Crippen LogP contribution in [0.25, 0.3) is 0 Å². The molecule has 2 aliphatic heterocycles. The molecule has 2 heterocycles. The molecule has 1 aromatic carbocycles. The quantitative estimate of drug-likeness (QED) is 0.526. The number of rotatable bonds is 0. The van der Waals surface area contributed by atoms with Gasteiger partial charge in [0, 0.05) is 22.7 Å². The molecule has 2 N–H and O–H groups in total. The number of carbonyl (C=O) groups is 1. The molecule has 0 saturated carbocycles. The standard InChI is InChI=1S/C12H13NO3/c13-8-1-2-9-10(5-8)16-7-12(9)3-4-15-11(14)6-12/h1-2,5H,3-4,6-7,13H2. The van der Waals surface area contributed by atoms with E-state index >= 15 is 0 Å². The normalized spacial score (nSPS) is 27.4. The van der Waals surface area contributed by atoms with Gasteiger partial charge in [-0.15, -0.1) is 0 Å². The Balaban J connectivity index is 2.04. The summed E-state index contributed by atoms with van der Waals surface area (Å²) in [6, 6.07) is 5.65. The number of carbonyl (C=O) groups excluding carboxylic acids is 1. The molecule has 1 aromatic rings. The van der Waals surface area contributed by atoms with E-state index < -0.39 is 0 Å². The number of benzene rings is 1. The van der Waals surface area contributed by atoms with Crippen LogP contribution in [0.15, 0.2) is 18.2 Å². The minimum absolute atomic E-state index is 0.139. The molecule has 84 valence electrons. The molecule has 4 heteroatoms. The van der Waals surface area contributed by atoms with Crippen molar-refractivity contribution >= 4 is 11.7 Å². The first-order valence-corrected chi connectivity index (χ1v) is 5.38. The van der Waals surface area contributed by atoms with E-state index in [-0.39, 0.29) is 11.4 Å². The molecule has 0 bridgehead atoms. The summed E-state index contributed by atoms with van der Waals surface area (Å²) in [6.07, 6.45) is 1.24. The van der Waals surface area contributed by atoms with Crippen molar-refractivity contribution in [2.75, 3.05) is 18.9 Å². The summed E-state index contributed by atoms with van der Waals surface area (Å²) in [6.45, 7) is 1.03. The van der Waals surface area contributed by atoms with Crippen molar-refractivity contribution in [2.24, 2.45) is 0 Å². The molecule has 4 nitrogen and oxygen atoms in total. The largest absolute Gasteiger partial charge is 0.492 e. The van der Waals surface area contributed by atoms with Gasteiger partial charge in [0.05, 0.1) is 19.6 Å². The fraction of sp³-hybridized carbons (Fsp3) is 0.417. The highest BCUT2D eigenvalue weighted by Crippen LogP contribution is 2.45. The Morgan fingerprint density at radius 1 is 1.31 bits per heavy atom.